The van der Waals surface area contributed by atoms with Gasteiger partial charge in [0.25, 0.3) is 0 Å². The SMILES string of the molecule is CO[C@@H]1CS(=O)(=O)C[C@H]1NC(=O)N1CCN(c2cccc(O)c2)CC1. The fraction of sp³-hybridized carbons (Fsp3) is 0.562. The van der Waals surface area contributed by atoms with Gasteiger partial charge in [-0.3, -0.25) is 0 Å². The van der Waals surface area contributed by atoms with Crippen LogP contribution in [-0.4, -0.2) is 81.4 Å². The van der Waals surface area contributed by atoms with Gasteiger partial charge < -0.3 is 25.0 Å². The number of hydrogen-bond donors (Lipinski definition) is 2. The molecule has 1 aromatic rings. The van der Waals surface area contributed by atoms with Crippen LogP contribution >= 0.6 is 0 Å². The monoisotopic (exact) mass is 369 g/mol. The maximum absolute atomic E-state index is 12.4. The Morgan fingerprint density at radius 2 is 1.96 bits per heavy atom. The summed E-state index contributed by atoms with van der Waals surface area (Å²) in [7, 11) is -1.72. The number of benzene rings is 1. The molecular formula is C16H23N3O5S. The number of piperazine rings is 1. The molecule has 0 aliphatic carbocycles. The van der Waals surface area contributed by atoms with Gasteiger partial charge >= 0.3 is 6.03 Å². The summed E-state index contributed by atoms with van der Waals surface area (Å²) in [6.45, 7) is 2.35. The van der Waals surface area contributed by atoms with Gasteiger partial charge in [-0.2, -0.15) is 0 Å². The quantitative estimate of drug-likeness (QED) is 0.780. The lowest BCUT2D eigenvalue weighted by Crippen LogP contribution is -2.55. The summed E-state index contributed by atoms with van der Waals surface area (Å²) in [4.78, 5) is 16.2. The van der Waals surface area contributed by atoms with E-state index in [1.54, 1.807) is 23.1 Å². The number of phenolic OH excluding ortho intramolecular Hbond substituents is 1. The van der Waals surface area contributed by atoms with Crippen LogP contribution in [0.4, 0.5) is 10.5 Å². The molecule has 2 amide bonds. The van der Waals surface area contributed by atoms with E-state index in [9.17, 15) is 18.3 Å². The fourth-order valence-corrected chi connectivity index (χ4v) is 5.14. The largest absolute Gasteiger partial charge is 0.508 e. The zero-order chi connectivity index (χ0) is 18.0. The predicted octanol–water partition coefficient (Wildman–Crippen LogP) is 0.0358. The lowest BCUT2D eigenvalue weighted by Gasteiger charge is -2.36. The summed E-state index contributed by atoms with van der Waals surface area (Å²) in [5.41, 5.74) is 0.918. The first-order valence-electron chi connectivity index (χ1n) is 8.20. The minimum Gasteiger partial charge on any atom is -0.508 e. The van der Waals surface area contributed by atoms with Gasteiger partial charge in [0, 0.05) is 45.0 Å². The molecule has 2 fully saturated rings. The van der Waals surface area contributed by atoms with E-state index in [-0.39, 0.29) is 23.3 Å². The van der Waals surface area contributed by atoms with Crippen molar-refractivity contribution in [1.29, 1.82) is 0 Å². The Kier molecular flexibility index (Phi) is 5.05. The lowest BCUT2D eigenvalue weighted by molar-refractivity contribution is 0.0976. The lowest BCUT2D eigenvalue weighted by atomic mass is 10.2. The second-order valence-corrected chi connectivity index (χ2v) is 8.55. The van der Waals surface area contributed by atoms with Crippen LogP contribution in [0, 0.1) is 0 Å². The molecule has 0 bridgehead atoms. The van der Waals surface area contributed by atoms with Gasteiger partial charge in [0.1, 0.15) is 5.75 Å². The number of aromatic hydroxyl groups is 1. The molecule has 9 heteroatoms. The molecule has 0 saturated carbocycles. The topological polar surface area (TPSA) is 99.2 Å². The highest BCUT2D eigenvalue weighted by molar-refractivity contribution is 7.91. The Balaban J connectivity index is 1.55. The third kappa shape index (κ3) is 4.16. The Labute approximate surface area is 147 Å². The number of urea groups is 1. The number of nitrogens with one attached hydrogen (secondary N) is 1. The van der Waals surface area contributed by atoms with Crippen LogP contribution in [0.25, 0.3) is 0 Å². The summed E-state index contributed by atoms with van der Waals surface area (Å²) in [5, 5.41) is 12.4. The first-order valence-corrected chi connectivity index (χ1v) is 10.0. The second kappa shape index (κ2) is 7.09. The first kappa shape index (κ1) is 17.8. The average Bonchev–Trinajstić information content (AvgIpc) is 2.88. The van der Waals surface area contributed by atoms with Crippen LogP contribution in [-0.2, 0) is 14.6 Å². The van der Waals surface area contributed by atoms with Gasteiger partial charge in [-0.05, 0) is 12.1 Å². The van der Waals surface area contributed by atoms with Gasteiger partial charge in [0.15, 0.2) is 9.84 Å². The molecule has 25 heavy (non-hydrogen) atoms. The number of carbonyl (C=O) groups is 1. The minimum absolute atomic E-state index is 0.0558. The number of sulfone groups is 1. The van der Waals surface area contributed by atoms with Crippen molar-refractivity contribution in [1.82, 2.24) is 10.2 Å². The van der Waals surface area contributed by atoms with Crippen LogP contribution < -0.4 is 10.2 Å². The number of anilines is 1. The molecule has 0 aromatic heterocycles. The second-order valence-electron chi connectivity index (χ2n) is 6.40. The molecule has 138 valence electrons. The molecule has 2 saturated heterocycles. The highest BCUT2D eigenvalue weighted by Gasteiger charge is 2.39. The molecule has 8 nitrogen and oxygen atoms in total. The number of carbonyl (C=O) groups excluding carboxylic acids is 1. The number of rotatable bonds is 3. The van der Waals surface area contributed by atoms with Gasteiger partial charge in [-0.15, -0.1) is 0 Å². The summed E-state index contributed by atoms with van der Waals surface area (Å²) in [6, 6.07) is 6.25. The Hall–Kier alpha value is -2.00. The Morgan fingerprint density at radius 1 is 1.24 bits per heavy atom. The van der Waals surface area contributed by atoms with Gasteiger partial charge in [0.2, 0.25) is 0 Å². The van der Waals surface area contributed by atoms with E-state index in [1.165, 1.54) is 7.11 Å². The van der Waals surface area contributed by atoms with Gasteiger partial charge in [0.05, 0.1) is 23.7 Å². The molecule has 2 heterocycles. The van der Waals surface area contributed by atoms with Gasteiger partial charge in [-0.25, -0.2) is 13.2 Å². The fourth-order valence-electron chi connectivity index (χ4n) is 3.29. The standard InChI is InChI=1S/C16H23N3O5S/c1-24-15-11-25(22,23)10-14(15)17-16(21)19-7-5-18(6-8-19)12-3-2-4-13(20)9-12/h2-4,9,14-15,20H,5-8,10-11H2,1H3,(H,17,21)/t14-,15-/m1/s1. The smallest absolute Gasteiger partial charge is 0.317 e. The van der Waals surface area contributed by atoms with Crippen LogP contribution in [0.15, 0.2) is 24.3 Å². The summed E-state index contributed by atoms with van der Waals surface area (Å²) >= 11 is 0. The van der Waals surface area contributed by atoms with Crippen molar-refractivity contribution in [2.75, 3.05) is 49.7 Å². The van der Waals surface area contributed by atoms with Crippen molar-refractivity contribution in [3.63, 3.8) is 0 Å². The maximum atomic E-state index is 12.4. The van der Waals surface area contributed by atoms with Crippen LogP contribution in [0.5, 0.6) is 5.75 Å². The van der Waals surface area contributed by atoms with E-state index < -0.39 is 22.0 Å². The van der Waals surface area contributed by atoms with Crippen molar-refractivity contribution in [2.45, 2.75) is 12.1 Å². The van der Waals surface area contributed by atoms with Crippen molar-refractivity contribution in [2.24, 2.45) is 0 Å². The van der Waals surface area contributed by atoms with Crippen LogP contribution in [0.3, 0.4) is 0 Å². The van der Waals surface area contributed by atoms with Crippen LogP contribution in [0.1, 0.15) is 0 Å². The Morgan fingerprint density at radius 3 is 2.60 bits per heavy atom. The molecule has 2 aliphatic rings. The maximum Gasteiger partial charge on any atom is 0.317 e. The number of nitrogens with zero attached hydrogens (tertiary/aromatic N) is 2. The predicted molar refractivity (Wildman–Crippen MR) is 93.7 cm³/mol. The number of ether oxygens (including phenoxy) is 1. The molecule has 1 aromatic carbocycles. The molecule has 2 aliphatic heterocycles. The summed E-state index contributed by atoms with van der Waals surface area (Å²) in [6.07, 6.45) is -0.498. The molecule has 3 rings (SSSR count). The Bertz CT molecular complexity index is 731. The molecule has 2 atom stereocenters. The summed E-state index contributed by atoms with van der Waals surface area (Å²) < 4.78 is 28.6. The minimum atomic E-state index is -3.17. The average molecular weight is 369 g/mol. The third-order valence-electron chi connectivity index (χ3n) is 4.67. The zero-order valence-electron chi connectivity index (χ0n) is 14.1. The number of methoxy groups -OCH3 is 1. The van der Waals surface area contributed by atoms with Crippen molar-refractivity contribution >= 4 is 21.6 Å². The highest BCUT2D eigenvalue weighted by atomic mass is 32.2. The normalized spacial score (nSPS) is 25.8. The van der Waals surface area contributed by atoms with E-state index in [0.717, 1.165) is 5.69 Å². The van der Waals surface area contributed by atoms with E-state index in [4.69, 9.17) is 4.74 Å². The number of amides is 2. The molecular weight excluding hydrogens is 346 g/mol. The van der Waals surface area contributed by atoms with Gasteiger partial charge in [-0.1, -0.05) is 6.07 Å². The summed E-state index contributed by atoms with van der Waals surface area (Å²) in [5.74, 6) is 0.0750. The molecule has 2 N–H and O–H groups in total. The van der Waals surface area contributed by atoms with Crippen LogP contribution in [0.2, 0.25) is 0 Å². The molecule has 0 spiro atoms. The van der Waals surface area contributed by atoms with E-state index in [2.05, 4.69) is 10.2 Å². The van der Waals surface area contributed by atoms with E-state index in [0.29, 0.717) is 26.2 Å². The first-order chi connectivity index (χ1) is 11.9. The van der Waals surface area contributed by atoms with Crippen molar-refractivity contribution in [3.05, 3.63) is 24.3 Å². The highest BCUT2D eigenvalue weighted by Crippen LogP contribution is 2.21. The molecule has 0 radical (unpaired) electrons. The third-order valence-corrected chi connectivity index (χ3v) is 6.38. The zero-order valence-corrected chi connectivity index (χ0v) is 14.9. The van der Waals surface area contributed by atoms with E-state index >= 15 is 0 Å². The number of hydrogen-bond acceptors (Lipinski definition) is 6. The van der Waals surface area contributed by atoms with E-state index in [1.807, 2.05) is 6.07 Å². The molecule has 0 unspecified atom stereocenters. The number of phenols is 1. The van der Waals surface area contributed by atoms with Crippen molar-refractivity contribution in [3.8, 4) is 5.75 Å². The van der Waals surface area contributed by atoms with Crippen molar-refractivity contribution < 1.29 is 23.1 Å².